The molecule has 2 heterocycles. The lowest BCUT2D eigenvalue weighted by Crippen LogP contribution is -2.33. The summed E-state index contributed by atoms with van der Waals surface area (Å²) in [5, 5.41) is 6.62. The van der Waals surface area contributed by atoms with E-state index in [0.717, 1.165) is 18.5 Å². The van der Waals surface area contributed by atoms with Crippen molar-refractivity contribution in [3.05, 3.63) is 23.5 Å². The maximum Gasteiger partial charge on any atom is 0.405 e. The van der Waals surface area contributed by atoms with Crippen LogP contribution in [0.1, 0.15) is 54.7 Å². The Morgan fingerprint density at radius 1 is 1.43 bits per heavy atom. The Morgan fingerprint density at radius 3 is 2.70 bits per heavy atom. The van der Waals surface area contributed by atoms with Crippen molar-refractivity contribution in [3.63, 3.8) is 0 Å². The summed E-state index contributed by atoms with van der Waals surface area (Å²) in [6.45, 7) is 2.51. The van der Waals surface area contributed by atoms with Gasteiger partial charge in [0.05, 0.1) is 17.1 Å². The van der Waals surface area contributed by atoms with Crippen LogP contribution < -0.4 is 5.32 Å². The van der Waals surface area contributed by atoms with Crippen LogP contribution in [-0.2, 0) is 0 Å². The molecule has 1 aliphatic rings. The van der Waals surface area contributed by atoms with Gasteiger partial charge in [-0.05, 0) is 32.8 Å². The predicted molar refractivity (Wildman–Crippen MR) is 78.3 cm³/mol. The Morgan fingerprint density at radius 2 is 2.13 bits per heavy atom. The van der Waals surface area contributed by atoms with E-state index in [2.05, 4.69) is 10.1 Å². The Balaban J connectivity index is 2.02. The number of amides is 1. The van der Waals surface area contributed by atoms with Crippen molar-refractivity contribution in [1.29, 1.82) is 0 Å². The number of pyridine rings is 1. The quantitative estimate of drug-likeness (QED) is 0.939. The molecule has 1 fully saturated rings. The molecule has 2 aromatic heterocycles. The normalized spacial score (nSPS) is 15.4. The molecule has 1 saturated carbocycles. The van der Waals surface area contributed by atoms with E-state index >= 15 is 0 Å². The SMILES string of the molecule is CC(C)n1ncc2c(C(=O)NCC(F)(F)F)cc(C3CC3)nc21. The van der Waals surface area contributed by atoms with Gasteiger partial charge in [-0.15, -0.1) is 0 Å². The number of rotatable bonds is 4. The molecule has 1 amide bonds. The van der Waals surface area contributed by atoms with Crippen LogP contribution in [0, 0.1) is 0 Å². The van der Waals surface area contributed by atoms with Crippen LogP contribution >= 0.6 is 0 Å². The maximum absolute atomic E-state index is 12.3. The topological polar surface area (TPSA) is 59.8 Å². The summed E-state index contributed by atoms with van der Waals surface area (Å²) >= 11 is 0. The second kappa shape index (κ2) is 5.50. The minimum absolute atomic E-state index is 0.0422. The molecular weight excluding hydrogens is 309 g/mol. The van der Waals surface area contributed by atoms with Crippen LogP contribution in [0.3, 0.4) is 0 Å². The monoisotopic (exact) mass is 326 g/mol. The van der Waals surface area contributed by atoms with E-state index in [-0.39, 0.29) is 17.5 Å². The van der Waals surface area contributed by atoms with Crippen molar-refractivity contribution in [2.45, 2.75) is 44.8 Å². The third kappa shape index (κ3) is 3.30. The van der Waals surface area contributed by atoms with Gasteiger partial charge in [0.15, 0.2) is 5.65 Å². The van der Waals surface area contributed by atoms with Gasteiger partial charge in [-0.2, -0.15) is 18.3 Å². The number of carbonyl (C=O) groups is 1. The summed E-state index contributed by atoms with van der Waals surface area (Å²) < 4.78 is 38.7. The van der Waals surface area contributed by atoms with Gasteiger partial charge in [0.25, 0.3) is 5.91 Å². The number of alkyl halides is 3. The third-order valence-corrected chi connectivity index (χ3v) is 3.77. The molecule has 124 valence electrons. The molecule has 0 bridgehead atoms. The Hall–Kier alpha value is -2.12. The molecule has 8 heteroatoms. The summed E-state index contributed by atoms with van der Waals surface area (Å²) in [5.74, 6) is -0.469. The zero-order valence-electron chi connectivity index (χ0n) is 12.8. The van der Waals surface area contributed by atoms with Crippen molar-refractivity contribution in [2.24, 2.45) is 0 Å². The second-order valence-electron chi connectivity index (χ2n) is 6.09. The van der Waals surface area contributed by atoms with E-state index in [9.17, 15) is 18.0 Å². The number of nitrogens with one attached hydrogen (secondary N) is 1. The molecule has 0 spiro atoms. The molecule has 5 nitrogen and oxygen atoms in total. The highest BCUT2D eigenvalue weighted by Crippen LogP contribution is 2.40. The zero-order valence-corrected chi connectivity index (χ0v) is 12.8. The summed E-state index contributed by atoms with van der Waals surface area (Å²) in [6, 6.07) is 1.64. The molecule has 0 unspecified atom stereocenters. The molecule has 0 aromatic carbocycles. The lowest BCUT2D eigenvalue weighted by atomic mass is 10.1. The first-order chi connectivity index (χ1) is 10.8. The molecule has 0 atom stereocenters. The third-order valence-electron chi connectivity index (χ3n) is 3.77. The minimum Gasteiger partial charge on any atom is -0.343 e. The van der Waals surface area contributed by atoms with Gasteiger partial charge in [0.2, 0.25) is 0 Å². The molecule has 1 N–H and O–H groups in total. The van der Waals surface area contributed by atoms with Crippen LogP contribution in [0.5, 0.6) is 0 Å². The summed E-state index contributed by atoms with van der Waals surface area (Å²) in [7, 11) is 0. The first kappa shape index (κ1) is 15.8. The highest BCUT2D eigenvalue weighted by molar-refractivity contribution is 6.05. The number of aromatic nitrogens is 3. The van der Waals surface area contributed by atoms with E-state index in [1.54, 1.807) is 10.7 Å². The van der Waals surface area contributed by atoms with E-state index in [4.69, 9.17) is 0 Å². The highest BCUT2D eigenvalue weighted by atomic mass is 19.4. The van der Waals surface area contributed by atoms with Gasteiger partial charge >= 0.3 is 6.18 Å². The summed E-state index contributed by atoms with van der Waals surface area (Å²) in [5.41, 5.74) is 1.49. The molecule has 3 rings (SSSR count). The van der Waals surface area contributed by atoms with Gasteiger partial charge in [-0.1, -0.05) is 0 Å². The van der Waals surface area contributed by atoms with Crippen molar-refractivity contribution in [3.8, 4) is 0 Å². The molecule has 0 aliphatic heterocycles. The van der Waals surface area contributed by atoms with Crippen molar-refractivity contribution in [1.82, 2.24) is 20.1 Å². The lowest BCUT2D eigenvalue weighted by Gasteiger charge is -2.11. The Labute approximate surface area is 130 Å². The molecule has 0 saturated heterocycles. The summed E-state index contributed by atoms with van der Waals surface area (Å²) in [6.07, 6.45) is -0.985. The largest absolute Gasteiger partial charge is 0.405 e. The first-order valence-corrected chi connectivity index (χ1v) is 7.49. The fourth-order valence-electron chi connectivity index (χ4n) is 2.47. The number of fused-ring (bicyclic) bond motifs is 1. The van der Waals surface area contributed by atoms with Crippen molar-refractivity contribution in [2.75, 3.05) is 6.54 Å². The van der Waals surface area contributed by atoms with Crippen LogP contribution in [-0.4, -0.2) is 33.4 Å². The second-order valence-corrected chi connectivity index (χ2v) is 6.09. The fourth-order valence-corrected chi connectivity index (χ4v) is 2.47. The molecule has 23 heavy (non-hydrogen) atoms. The van der Waals surface area contributed by atoms with Crippen molar-refractivity contribution < 1.29 is 18.0 Å². The van der Waals surface area contributed by atoms with Gasteiger partial charge in [-0.25, -0.2) is 9.67 Å². The van der Waals surface area contributed by atoms with Crippen molar-refractivity contribution >= 4 is 16.9 Å². The van der Waals surface area contributed by atoms with Gasteiger partial charge in [0.1, 0.15) is 6.54 Å². The lowest BCUT2D eigenvalue weighted by molar-refractivity contribution is -0.123. The summed E-state index contributed by atoms with van der Waals surface area (Å²) in [4.78, 5) is 16.8. The van der Waals surface area contributed by atoms with Crippen LogP contribution in [0.2, 0.25) is 0 Å². The van der Waals surface area contributed by atoms with Gasteiger partial charge in [-0.3, -0.25) is 4.79 Å². The van der Waals surface area contributed by atoms with Gasteiger partial charge < -0.3 is 5.32 Å². The Kier molecular flexibility index (Phi) is 3.77. The Bertz CT molecular complexity index is 747. The van der Waals surface area contributed by atoms with Gasteiger partial charge in [0, 0.05) is 17.7 Å². The standard InChI is InChI=1S/C15H17F3N4O/c1-8(2)22-13-11(6-20-22)10(5-12(21-13)9-3-4-9)14(23)19-7-15(16,17)18/h5-6,8-9H,3-4,7H2,1-2H3,(H,19,23). The average molecular weight is 326 g/mol. The average Bonchev–Trinajstić information content (AvgIpc) is 3.22. The van der Waals surface area contributed by atoms with Crippen LogP contribution in [0.15, 0.2) is 12.3 Å². The number of halogens is 3. The number of hydrogen-bond acceptors (Lipinski definition) is 3. The number of nitrogens with zero attached hydrogens (tertiary/aromatic N) is 3. The smallest absolute Gasteiger partial charge is 0.343 e. The van der Waals surface area contributed by atoms with Crippen LogP contribution in [0.25, 0.3) is 11.0 Å². The van der Waals surface area contributed by atoms with E-state index in [0.29, 0.717) is 11.0 Å². The fraction of sp³-hybridized carbons (Fsp3) is 0.533. The minimum atomic E-state index is -4.44. The molecular formula is C15H17F3N4O. The molecule has 2 aromatic rings. The van der Waals surface area contributed by atoms with E-state index in [1.807, 2.05) is 19.2 Å². The highest BCUT2D eigenvalue weighted by Gasteiger charge is 2.30. The molecule has 0 radical (unpaired) electrons. The van der Waals surface area contributed by atoms with Crippen LogP contribution in [0.4, 0.5) is 13.2 Å². The van der Waals surface area contributed by atoms with E-state index < -0.39 is 18.6 Å². The number of carbonyl (C=O) groups excluding carboxylic acids is 1. The number of hydrogen-bond donors (Lipinski definition) is 1. The maximum atomic E-state index is 12.3. The predicted octanol–water partition coefficient (Wildman–Crippen LogP) is 3.18. The molecule has 1 aliphatic carbocycles. The first-order valence-electron chi connectivity index (χ1n) is 7.49. The van der Waals surface area contributed by atoms with E-state index in [1.165, 1.54) is 6.20 Å². The zero-order chi connectivity index (χ0) is 16.8.